The Hall–Kier alpha value is -3.08. The lowest BCUT2D eigenvalue weighted by Crippen LogP contribution is -2.32. The molecule has 5 heteroatoms. The number of methoxy groups -OCH3 is 1. The summed E-state index contributed by atoms with van der Waals surface area (Å²) in [5.41, 5.74) is 2.19. The molecule has 1 aliphatic rings. The van der Waals surface area contributed by atoms with Gasteiger partial charge in [0.2, 0.25) is 0 Å². The Morgan fingerprint density at radius 1 is 1.10 bits per heavy atom. The Labute approximate surface area is 184 Å². The Morgan fingerprint density at radius 2 is 1.71 bits per heavy atom. The van der Waals surface area contributed by atoms with Gasteiger partial charge in [0.05, 0.1) is 25.3 Å². The number of hydrogen-bond donors (Lipinski definition) is 1. The molecule has 0 saturated heterocycles. The van der Waals surface area contributed by atoms with Crippen LogP contribution >= 0.6 is 0 Å². The molecule has 1 atom stereocenters. The first-order valence-corrected chi connectivity index (χ1v) is 10.6. The second-order valence-corrected chi connectivity index (χ2v) is 9.31. The Bertz CT molecular complexity index is 1010. The van der Waals surface area contributed by atoms with Crippen molar-refractivity contribution in [2.24, 2.45) is 5.41 Å². The third-order valence-corrected chi connectivity index (χ3v) is 5.68. The van der Waals surface area contributed by atoms with Gasteiger partial charge in [0.1, 0.15) is 5.75 Å². The van der Waals surface area contributed by atoms with E-state index in [4.69, 9.17) is 4.74 Å². The SMILES string of the molecule is COc1ccccc1CN1C(=O)C(O)=C(C(=O)C(C)(C)C)C1c1ccc(C(C)C)cc1. The van der Waals surface area contributed by atoms with Crippen LogP contribution in [0.3, 0.4) is 0 Å². The van der Waals surface area contributed by atoms with Gasteiger partial charge in [-0.2, -0.15) is 0 Å². The van der Waals surface area contributed by atoms with Gasteiger partial charge in [0.15, 0.2) is 11.5 Å². The number of ether oxygens (including phenoxy) is 1. The lowest BCUT2D eigenvalue weighted by molar-refractivity contribution is -0.130. The molecule has 5 nitrogen and oxygen atoms in total. The fourth-order valence-corrected chi connectivity index (χ4v) is 3.88. The van der Waals surface area contributed by atoms with Gasteiger partial charge in [0, 0.05) is 11.0 Å². The van der Waals surface area contributed by atoms with E-state index in [0.717, 1.165) is 11.1 Å². The highest BCUT2D eigenvalue weighted by Crippen LogP contribution is 2.42. The molecule has 2 aromatic rings. The summed E-state index contributed by atoms with van der Waals surface area (Å²) in [4.78, 5) is 28.0. The van der Waals surface area contributed by atoms with E-state index >= 15 is 0 Å². The van der Waals surface area contributed by atoms with Crippen molar-refractivity contribution in [3.05, 3.63) is 76.6 Å². The molecule has 1 N–H and O–H groups in total. The minimum atomic E-state index is -0.736. The Kier molecular flexibility index (Phi) is 6.25. The normalized spacial score (nSPS) is 16.9. The Balaban J connectivity index is 2.11. The molecular weight excluding hydrogens is 390 g/mol. The number of benzene rings is 2. The predicted octanol–water partition coefficient (Wildman–Crippen LogP) is 5.33. The van der Waals surface area contributed by atoms with Gasteiger partial charge >= 0.3 is 0 Å². The lowest BCUT2D eigenvalue weighted by Gasteiger charge is -2.29. The molecular formula is C26H31NO4. The van der Waals surface area contributed by atoms with Crippen LogP contribution in [-0.2, 0) is 16.1 Å². The maximum Gasteiger partial charge on any atom is 0.290 e. The van der Waals surface area contributed by atoms with Gasteiger partial charge < -0.3 is 14.7 Å². The highest BCUT2D eigenvalue weighted by molar-refractivity contribution is 6.10. The van der Waals surface area contributed by atoms with Crippen molar-refractivity contribution in [1.82, 2.24) is 4.90 Å². The molecule has 0 aliphatic carbocycles. The summed E-state index contributed by atoms with van der Waals surface area (Å²) in [5, 5.41) is 10.8. The van der Waals surface area contributed by atoms with Crippen LogP contribution in [0.2, 0.25) is 0 Å². The fraction of sp³-hybridized carbons (Fsp3) is 0.385. The van der Waals surface area contributed by atoms with Crippen molar-refractivity contribution >= 4 is 11.7 Å². The predicted molar refractivity (Wildman–Crippen MR) is 121 cm³/mol. The Morgan fingerprint density at radius 3 is 2.26 bits per heavy atom. The van der Waals surface area contributed by atoms with Crippen molar-refractivity contribution in [1.29, 1.82) is 0 Å². The number of carbonyl (C=O) groups excluding carboxylic acids is 2. The molecule has 3 rings (SSSR count). The summed E-state index contributed by atoms with van der Waals surface area (Å²) < 4.78 is 5.45. The third-order valence-electron chi connectivity index (χ3n) is 5.68. The maximum absolute atomic E-state index is 13.3. The van der Waals surface area contributed by atoms with Gasteiger partial charge in [-0.15, -0.1) is 0 Å². The molecule has 0 fully saturated rings. The molecule has 1 aliphatic heterocycles. The number of ketones is 1. The number of nitrogens with zero attached hydrogens (tertiary/aromatic N) is 1. The zero-order valence-electron chi connectivity index (χ0n) is 19.1. The van der Waals surface area contributed by atoms with Crippen LogP contribution in [-0.4, -0.2) is 28.8 Å². The average molecular weight is 422 g/mol. The third kappa shape index (κ3) is 4.36. The maximum atomic E-state index is 13.3. The van der Waals surface area contributed by atoms with E-state index in [2.05, 4.69) is 13.8 Å². The van der Waals surface area contributed by atoms with Crippen LogP contribution in [0, 0.1) is 5.41 Å². The molecule has 0 aromatic heterocycles. The van der Waals surface area contributed by atoms with Crippen molar-refractivity contribution in [2.75, 3.05) is 7.11 Å². The number of amides is 1. The van der Waals surface area contributed by atoms with Crippen LogP contribution in [0.15, 0.2) is 59.9 Å². The monoisotopic (exact) mass is 421 g/mol. The topological polar surface area (TPSA) is 66.8 Å². The zero-order chi connectivity index (χ0) is 22.9. The molecule has 0 bridgehead atoms. The summed E-state index contributed by atoms with van der Waals surface area (Å²) >= 11 is 0. The van der Waals surface area contributed by atoms with E-state index in [9.17, 15) is 14.7 Å². The fourth-order valence-electron chi connectivity index (χ4n) is 3.88. The van der Waals surface area contributed by atoms with Crippen LogP contribution in [0.4, 0.5) is 0 Å². The number of aliphatic hydroxyl groups is 1. The molecule has 1 amide bonds. The summed E-state index contributed by atoms with van der Waals surface area (Å²) in [5.74, 6) is -0.231. The molecule has 0 spiro atoms. The van der Waals surface area contributed by atoms with Crippen LogP contribution in [0.25, 0.3) is 0 Å². The highest BCUT2D eigenvalue weighted by Gasteiger charge is 2.46. The second kappa shape index (κ2) is 8.58. The van der Waals surface area contributed by atoms with E-state index in [-0.39, 0.29) is 17.9 Å². The van der Waals surface area contributed by atoms with Crippen LogP contribution in [0.5, 0.6) is 5.75 Å². The van der Waals surface area contributed by atoms with Crippen molar-refractivity contribution in [3.8, 4) is 5.75 Å². The van der Waals surface area contributed by atoms with E-state index in [1.54, 1.807) is 32.8 Å². The van der Waals surface area contributed by atoms with Crippen molar-refractivity contribution in [3.63, 3.8) is 0 Å². The minimum Gasteiger partial charge on any atom is -0.503 e. The molecule has 0 radical (unpaired) electrons. The number of aliphatic hydroxyl groups excluding tert-OH is 1. The van der Waals surface area contributed by atoms with E-state index in [0.29, 0.717) is 11.7 Å². The number of Topliss-reactive ketones (excluding diaryl/α,β-unsaturated/α-hetero) is 1. The molecule has 31 heavy (non-hydrogen) atoms. The molecule has 1 heterocycles. The molecule has 2 aromatic carbocycles. The standard InChI is InChI=1S/C26H31NO4/c1-16(2)17-11-13-18(14-12-17)22-21(24(29)26(3,4)5)23(28)25(30)27(22)15-19-9-7-8-10-20(19)31-6/h7-14,16,22,28H,15H2,1-6H3. The lowest BCUT2D eigenvalue weighted by atomic mass is 9.82. The number of para-hydroxylation sites is 1. The van der Waals surface area contributed by atoms with Gasteiger partial charge in [-0.25, -0.2) is 0 Å². The zero-order valence-corrected chi connectivity index (χ0v) is 19.1. The van der Waals surface area contributed by atoms with Gasteiger partial charge in [-0.3, -0.25) is 9.59 Å². The first-order chi connectivity index (χ1) is 14.6. The number of carbonyl (C=O) groups is 2. The highest BCUT2D eigenvalue weighted by atomic mass is 16.5. The summed E-state index contributed by atoms with van der Waals surface area (Å²) in [6, 6.07) is 14.7. The van der Waals surface area contributed by atoms with E-state index in [1.165, 1.54) is 5.56 Å². The summed E-state index contributed by atoms with van der Waals surface area (Å²) in [6.45, 7) is 9.82. The smallest absolute Gasteiger partial charge is 0.290 e. The quantitative estimate of drug-likeness (QED) is 0.685. The van der Waals surface area contributed by atoms with Crippen LogP contribution < -0.4 is 4.74 Å². The minimum absolute atomic E-state index is 0.157. The summed E-state index contributed by atoms with van der Waals surface area (Å²) in [6.07, 6.45) is 0. The molecule has 0 saturated carbocycles. The van der Waals surface area contributed by atoms with E-state index in [1.807, 2.05) is 48.5 Å². The van der Waals surface area contributed by atoms with Crippen LogP contribution in [0.1, 0.15) is 63.3 Å². The second-order valence-electron chi connectivity index (χ2n) is 9.31. The molecule has 1 unspecified atom stereocenters. The van der Waals surface area contributed by atoms with Gasteiger partial charge in [-0.05, 0) is 23.1 Å². The number of hydrogen-bond acceptors (Lipinski definition) is 4. The van der Waals surface area contributed by atoms with E-state index < -0.39 is 23.1 Å². The summed E-state index contributed by atoms with van der Waals surface area (Å²) in [7, 11) is 1.58. The van der Waals surface area contributed by atoms with Crippen molar-refractivity contribution in [2.45, 2.75) is 53.1 Å². The van der Waals surface area contributed by atoms with Gasteiger partial charge in [0.25, 0.3) is 5.91 Å². The van der Waals surface area contributed by atoms with Crippen molar-refractivity contribution < 1.29 is 19.4 Å². The average Bonchev–Trinajstić information content (AvgIpc) is 2.97. The first kappa shape index (κ1) is 22.6. The number of rotatable bonds is 6. The largest absolute Gasteiger partial charge is 0.503 e. The molecule has 164 valence electrons. The van der Waals surface area contributed by atoms with Gasteiger partial charge in [-0.1, -0.05) is 77.1 Å². The first-order valence-electron chi connectivity index (χ1n) is 10.6.